The molecule has 2 rings (SSSR count). The maximum absolute atomic E-state index is 12.0. The second-order valence-corrected chi connectivity index (χ2v) is 5.45. The van der Waals surface area contributed by atoms with Crippen LogP contribution in [-0.4, -0.2) is 20.3 Å². The summed E-state index contributed by atoms with van der Waals surface area (Å²) in [7, 11) is 0. The predicted octanol–water partition coefficient (Wildman–Crippen LogP) is 1.43. The molecular weight excluding hydrogens is 271 g/mol. The third-order valence-electron chi connectivity index (χ3n) is 2.10. The van der Waals surface area contributed by atoms with E-state index in [-0.39, 0.29) is 15.6 Å². The summed E-state index contributed by atoms with van der Waals surface area (Å²) in [4.78, 5) is 0. The molecule has 3 nitrogen and oxygen atoms in total. The van der Waals surface area contributed by atoms with E-state index in [0.717, 1.165) is 0 Å². The van der Waals surface area contributed by atoms with E-state index >= 15 is 0 Å². The van der Waals surface area contributed by atoms with Gasteiger partial charge in [0.2, 0.25) is 0 Å². The molecule has 1 aromatic carbocycles. The van der Waals surface area contributed by atoms with E-state index in [1.807, 2.05) is 0 Å². The first kappa shape index (κ1) is 7.51. The molecule has 4 heteroatoms. The van der Waals surface area contributed by atoms with E-state index in [1.165, 1.54) is 24.3 Å². The molecule has 0 saturated carbocycles. The van der Waals surface area contributed by atoms with Crippen LogP contribution >= 0.6 is 0 Å². The second kappa shape index (κ2) is 5.02. The molecule has 16 heavy (non-hydrogen) atoms. The molecule has 0 amide bonds. The van der Waals surface area contributed by atoms with Gasteiger partial charge in [0, 0.05) is 0 Å². The topological polar surface area (TPSA) is 35.5 Å². The number of hydrogen-bond acceptors (Lipinski definition) is 3. The Bertz CT molecular complexity index is 574. The van der Waals surface area contributed by atoms with Gasteiger partial charge in [-0.1, -0.05) is 0 Å². The molecule has 0 aliphatic carbocycles. The van der Waals surface area contributed by atoms with Crippen LogP contribution in [0.5, 0.6) is 0 Å². The molecule has 86 valence electrons. The van der Waals surface area contributed by atoms with Crippen LogP contribution in [0.1, 0.15) is 23.5 Å². The van der Waals surface area contributed by atoms with Gasteiger partial charge in [0.25, 0.3) is 0 Å². The van der Waals surface area contributed by atoms with Crippen LogP contribution in [0.15, 0.2) is 30.9 Å². The first-order valence-corrected chi connectivity index (χ1v) is 7.00. The predicted molar refractivity (Wildman–Crippen MR) is 61.8 cm³/mol. The van der Waals surface area contributed by atoms with Crippen LogP contribution in [0.4, 0.5) is 0 Å². The van der Waals surface area contributed by atoms with Crippen molar-refractivity contribution < 1.29 is 17.9 Å². The Morgan fingerprint density at radius 1 is 1.88 bits per heavy atom. The number of fused-ring (bicyclic) bond motifs is 1. The van der Waals surface area contributed by atoms with E-state index in [4.69, 9.17) is 14.0 Å². The zero-order valence-corrected chi connectivity index (χ0v) is 10.4. The van der Waals surface area contributed by atoms with Crippen molar-refractivity contribution >= 4 is 18.6 Å². The van der Waals surface area contributed by atoms with E-state index in [9.17, 15) is 3.83 Å². The first-order valence-electron chi connectivity index (χ1n) is 6.74. The summed E-state index contributed by atoms with van der Waals surface area (Å²) < 4.78 is 53.5. The standard InChI is InChI=1S/C12H14O3Se/c1-3-9(2)14-7-10-5-4-6-11-8-15-16(13)12(10)11/h3-6,9H,1,7-8H2,2H3/i7D2,8D2. The molecule has 2 atom stereocenters. The van der Waals surface area contributed by atoms with Crippen LogP contribution in [0, 0.1) is 0 Å². The molecule has 0 radical (unpaired) electrons. The second-order valence-electron chi connectivity index (χ2n) is 3.26. The van der Waals surface area contributed by atoms with Crippen molar-refractivity contribution in [2.75, 3.05) is 0 Å². The molecular formula is C12H14O3Se. The summed E-state index contributed by atoms with van der Waals surface area (Å²) in [5, 5.41) is 0. The van der Waals surface area contributed by atoms with Gasteiger partial charge >= 0.3 is 105 Å². The Hall–Kier alpha value is -0.801. The Balaban J connectivity index is 2.53. The van der Waals surface area contributed by atoms with Crippen LogP contribution < -0.4 is 4.46 Å². The van der Waals surface area contributed by atoms with Crippen molar-refractivity contribution in [3.05, 3.63) is 42.0 Å². The molecule has 0 aromatic heterocycles. The average Bonchev–Trinajstić information content (AvgIpc) is 2.59. The van der Waals surface area contributed by atoms with Crippen molar-refractivity contribution in [2.45, 2.75) is 26.1 Å². The molecule has 1 aliphatic heterocycles. The molecule has 0 bridgehead atoms. The van der Waals surface area contributed by atoms with Gasteiger partial charge < -0.3 is 0 Å². The zero-order chi connectivity index (χ0) is 15.1. The van der Waals surface area contributed by atoms with Crippen molar-refractivity contribution in [2.24, 2.45) is 0 Å². The summed E-state index contributed by atoms with van der Waals surface area (Å²) in [6.45, 7) is 0.798. The SMILES string of the molecule is [2H]C([2H])(OC(C)C=C)c1cccc2c1[Se](=O)OC2([2H])[2H]. The van der Waals surface area contributed by atoms with Gasteiger partial charge in [0.1, 0.15) is 0 Å². The summed E-state index contributed by atoms with van der Waals surface area (Å²) in [5.41, 5.74) is 0.152. The fourth-order valence-electron chi connectivity index (χ4n) is 1.21. The summed E-state index contributed by atoms with van der Waals surface area (Å²) in [6.07, 6.45) is 0.909. The quantitative estimate of drug-likeness (QED) is 0.621. The molecule has 1 aliphatic rings. The monoisotopic (exact) mass is 290 g/mol. The molecule has 1 heterocycles. The normalized spacial score (nSPS) is 28.2. The summed E-state index contributed by atoms with van der Waals surface area (Å²) >= 11 is -3.09. The minimum absolute atomic E-state index is 0.0464. The molecule has 2 unspecified atom stereocenters. The van der Waals surface area contributed by atoms with Gasteiger partial charge in [0.05, 0.1) is 0 Å². The Labute approximate surface area is 105 Å². The van der Waals surface area contributed by atoms with Crippen molar-refractivity contribution in [1.82, 2.24) is 0 Å². The van der Waals surface area contributed by atoms with Gasteiger partial charge in [-0.2, -0.15) is 0 Å². The summed E-state index contributed by atoms with van der Waals surface area (Å²) in [6, 6.07) is 4.39. The number of ether oxygens (including phenoxy) is 1. The third kappa shape index (κ3) is 2.30. The van der Waals surface area contributed by atoms with Crippen molar-refractivity contribution in [3.8, 4) is 0 Å². The van der Waals surface area contributed by atoms with Crippen molar-refractivity contribution in [3.63, 3.8) is 0 Å². The Morgan fingerprint density at radius 2 is 2.69 bits per heavy atom. The molecule has 0 spiro atoms. The van der Waals surface area contributed by atoms with Gasteiger partial charge in [0.15, 0.2) is 0 Å². The molecule has 1 aromatic rings. The number of benzene rings is 1. The fourth-order valence-corrected chi connectivity index (χ4v) is 2.94. The summed E-state index contributed by atoms with van der Waals surface area (Å²) in [5.74, 6) is 0. The van der Waals surface area contributed by atoms with Gasteiger partial charge in [-0.05, 0) is 0 Å². The van der Waals surface area contributed by atoms with E-state index < -0.39 is 33.4 Å². The van der Waals surface area contributed by atoms with E-state index in [1.54, 1.807) is 6.92 Å². The van der Waals surface area contributed by atoms with E-state index in [0.29, 0.717) is 0 Å². The first-order chi connectivity index (χ1) is 9.19. The van der Waals surface area contributed by atoms with Crippen LogP contribution in [-0.2, 0) is 25.5 Å². The third-order valence-corrected chi connectivity index (χ3v) is 4.21. The molecule has 0 fully saturated rings. The minimum atomic E-state index is -3.09. The Kier molecular flexibility index (Phi) is 2.36. The Morgan fingerprint density at radius 3 is 3.44 bits per heavy atom. The van der Waals surface area contributed by atoms with Gasteiger partial charge in [-0.25, -0.2) is 0 Å². The van der Waals surface area contributed by atoms with Crippen LogP contribution in [0.25, 0.3) is 0 Å². The van der Waals surface area contributed by atoms with Crippen molar-refractivity contribution in [1.29, 1.82) is 0 Å². The van der Waals surface area contributed by atoms with E-state index in [2.05, 4.69) is 6.58 Å². The maximum atomic E-state index is 12.0. The van der Waals surface area contributed by atoms with Gasteiger partial charge in [-0.15, -0.1) is 0 Å². The average molecular weight is 289 g/mol. The molecule has 0 N–H and O–H groups in total. The zero-order valence-electron chi connectivity index (χ0n) is 12.7. The number of rotatable bonds is 4. The molecule has 0 saturated heterocycles. The van der Waals surface area contributed by atoms with Crippen LogP contribution in [0.3, 0.4) is 0 Å². The van der Waals surface area contributed by atoms with Gasteiger partial charge in [-0.3, -0.25) is 0 Å². The fraction of sp³-hybridized carbons (Fsp3) is 0.333. The number of hydrogen-bond donors (Lipinski definition) is 0. The van der Waals surface area contributed by atoms with Crippen LogP contribution in [0.2, 0.25) is 0 Å².